The van der Waals surface area contributed by atoms with Gasteiger partial charge in [0, 0.05) is 23.5 Å². The van der Waals surface area contributed by atoms with Gasteiger partial charge in [0.1, 0.15) is 12.4 Å². The highest BCUT2D eigenvalue weighted by Gasteiger charge is 2.22. The standard InChI is InChI=1S/C21H21ClN4O3S/c1-2-28-16-9-7-15(8-10-16)26-19(17-5-3-4-6-18(17)22)23-24-20(26)30-14-12-25-11-13-29-21(25)27/h3-10H,2,11-14H2,1H3. The van der Waals surface area contributed by atoms with E-state index < -0.39 is 0 Å². The molecule has 0 aliphatic carbocycles. The van der Waals surface area contributed by atoms with Crippen molar-refractivity contribution in [3.8, 4) is 22.8 Å². The van der Waals surface area contributed by atoms with Crippen molar-refractivity contribution >= 4 is 29.5 Å². The van der Waals surface area contributed by atoms with E-state index in [0.717, 1.165) is 22.2 Å². The van der Waals surface area contributed by atoms with Gasteiger partial charge in [0.25, 0.3) is 0 Å². The first kappa shape index (κ1) is 20.6. The van der Waals surface area contributed by atoms with Gasteiger partial charge in [0.2, 0.25) is 0 Å². The SMILES string of the molecule is CCOc1ccc(-n2c(SCCN3CCOC3=O)nnc2-c2ccccc2Cl)cc1. The Bertz CT molecular complexity index is 1030. The summed E-state index contributed by atoms with van der Waals surface area (Å²) in [7, 11) is 0. The van der Waals surface area contributed by atoms with Gasteiger partial charge in [-0.25, -0.2) is 4.79 Å². The molecule has 0 spiro atoms. The molecule has 1 aliphatic rings. The largest absolute Gasteiger partial charge is 0.494 e. The lowest BCUT2D eigenvalue weighted by molar-refractivity contribution is 0.160. The fraction of sp³-hybridized carbons (Fsp3) is 0.286. The number of carbonyl (C=O) groups excluding carboxylic acids is 1. The lowest BCUT2D eigenvalue weighted by atomic mass is 10.2. The van der Waals surface area contributed by atoms with Crippen LogP contribution in [0.2, 0.25) is 5.02 Å². The predicted octanol–water partition coefficient (Wildman–Crippen LogP) is 4.53. The molecule has 2 aromatic carbocycles. The zero-order valence-electron chi connectivity index (χ0n) is 16.5. The number of rotatable bonds is 8. The first-order valence-corrected chi connectivity index (χ1v) is 11.0. The van der Waals surface area contributed by atoms with Gasteiger partial charge in [-0.1, -0.05) is 35.5 Å². The number of aromatic nitrogens is 3. The second-order valence-corrected chi connectivity index (χ2v) is 7.97. The van der Waals surface area contributed by atoms with Gasteiger partial charge in [-0.15, -0.1) is 10.2 Å². The zero-order valence-corrected chi connectivity index (χ0v) is 18.0. The second kappa shape index (κ2) is 9.40. The minimum atomic E-state index is -0.264. The third kappa shape index (κ3) is 4.39. The van der Waals surface area contributed by atoms with Crippen LogP contribution in [0.1, 0.15) is 6.92 Å². The van der Waals surface area contributed by atoms with E-state index in [4.69, 9.17) is 21.1 Å². The maximum Gasteiger partial charge on any atom is 0.409 e. The fourth-order valence-electron chi connectivity index (χ4n) is 3.15. The van der Waals surface area contributed by atoms with Crippen molar-refractivity contribution in [2.24, 2.45) is 0 Å². The molecule has 0 atom stereocenters. The highest BCUT2D eigenvalue weighted by molar-refractivity contribution is 7.99. The Hall–Kier alpha value is -2.71. The molecule has 156 valence electrons. The number of thioether (sulfide) groups is 1. The van der Waals surface area contributed by atoms with Crippen LogP contribution in [0.3, 0.4) is 0 Å². The number of cyclic esters (lactones) is 1. The van der Waals surface area contributed by atoms with Crippen molar-refractivity contribution in [2.75, 3.05) is 32.1 Å². The molecule has 9 heteroatoms. The first-order chi connectivity index (χ1) is 14.7. The van der Waals surface area contributed by atoms with E-state index in [1.165, 1.54) is 11.8 Å². The topological polar surface area (TPSA) is 69.5 Å². The van der Waals surface area contributed by atoms with Crippen LogP contribution in [0.5, 0.6) is 5.75 Å². The van der Waals surface area contributed by atoms with Crippen LogP contribution in [-0.2, 0) is 4.74 Å². The normalized spacial score (nSPS) is 13.5. The number of hydrogen-bond donors (Lipinski definition) is 0. The molecule has 0 N–H and O–H groups in total. The summed E-state index contributed by atoms with van der Waals surface area (Å²) in [5.74, 6) is 2.13. The van der Waals surface area contributed by atoms with Gasteiger partial charge in [-0.3, -0.25) is 4.57 Å². The van der Waals surface area contributed by atoms with E-state index in [1.807, 2.05) is 60.0 Å². The van der Waals surface area contributed by atoms with Crippen LogP contribution in [0.4, 0.5) is 4.79 Å². The number of nitrogens with zero attached hydrogens (tertiary/aromatic N) is 4. The monoisotopic (exact) mass is 444 g/mol. The Balaban J connectivity index is 1.64. The second-order valence-electron chi connectivity index (χ2n) is 6.50. The Morgan fingerprint density at radius 2 is 1.97 bits per heavy atom. The molecule has 3 aromatic rings. The molecular formula is C21H21ClN4O3S. The van der Waals surface area contributed by atoms with E-state index >= 15 is 0 Å². The molecule has 1 fully saturated rings. The smallest absolute Gasteiger partial charge is 0.409 e. The molecule has 1 aliphatic heterocycles. The third-order valence-corrected chi connectivity index (χ3v) is 5.83. The highest BCUT2D eigenvalue weighted by atomic mass is 35.5. The van der Waals surface area contributed by atoms with Gasteiger partial charge >= 0.3 is 6.09 Å². The zero-order chi connectivity index (χ0) is 20.9. The quantitative estimate of drug-likeness (QED) is 0.475. The van der Waals surface area contributed by atoms with Crippen LogP contribution in [-0.4, -0.2) is 57.8 Å². The van der Waals surface area contributed by atoms with Crippen molar-refractivity contribution in [2.45, 2.75) is 12.1 Å². The summed E-state index contributed by atoms with van der Waals surface area (Å²) in [4.78, 5) is 13.3. The molecule has 30 heavy (non-hydrogen) atoms. The minimum Gasteiger partial charge on any atom is -0.494 e. The van der Waals surface area contributed by atoms with Crippen LogP contribution < -0.4 is 4.74 Å². The minimum absolute atomic E-state index is 0.264. The van der Waals surface area contributed by atoms with E-state index in [0.29, 0.717) is 42.9 Å². The predicted molar refractivity (Wildman–Crippen MR) is 117 cm³/mol. The number of halogens is 1. The molecule has 0 unspecified atom stereocenters. The maximum atomic E-state index is 11.7. The lowest BCUT2D eigenvalue weighted by Gasteiger charge is -2.14. The summed E-state index contributed by atoms with van der Waals surface area (Å²) in [6.45, 7) is 4.21. The molecule has 1 aromatic heterocycles. The Morgan fingerprint density at radius 1 is 1.17 bits per heavy atom. The van der Waals surface area contributed by atoms with Crippen LogP contribution >= 0.6 is 23.4 Å². The average molecular weight is 445 g/mol. The highest BCUT2D eigenvalue weighted by Crippen LogP contribution is 2.32. The summed E-state index contributed by atoms with van der Waals surface area (Å²) in [5.41, 5.74) is 1.71. The molecule has 0 saturated carbocycles. The van der Waals surface area contributed by atoms with Crippen molar-refractivity contribution in [3.05, 3.63) is 53.6 Å². The molecule has 1 saturated heterocycles. The lowest BCUT2D eigenvalue weighted by Crippen LogP contribution is -2.26. The van der Waals surface area contributed by atoms with Crippen molar-refractivity contribution in [1.29, 1.82) is 0 Å². The Morgan fingerprint density at radius 3 is 2.67 bits per heavy atom. The van der Waals surface area contributed by atoms with Crippen LogP contribution in [0.25, 0.3) is 17.1 Å². The van der Waals surface area contributed by atoms with Crippen molar-refractivity contribution < 1.29 is 14.3 Å². The molecule has 0 bridgehead atoms. The summed E-state index contributed by atoms with van der Waals surface area (Å²) < 4.78 is 12.5. The summed E-state index contributed by atoms with van der Waals surface area (Å²) in [6, 6.07) is 15.3. The van der Waals surface area contributed by atoms with Gasteiger partial charge < -0.3 is 14.4 Å². The van der Waals surface area contributed by atoms with Gasteiger partial charge in [0.15, 0.2) is 11.0 Å². The maximum absolute atomic E-state index is 11.7. The van der Waals surface area contributed by atoms with Gasteiger partial charge in [-0.2, -0.15) is 0 Å². The summed E-state index contributed by atoms with van der Waals surface area (Å²) in [5, 5.41) is 10.2. The molecule has 2 heterocycles. The number of ether oxygens (including phenoxy) is 2. The molecule has 7 nitrogen and oxygen atoms in total. The average Bonchev–Trinajstić information content (AvgIpc) is 3.36. The number of carbonyl (C=O) groups is 1. The summed E-state index contributed by atoms with van der Waals surface area (Å²) in [6.07, 6.45) is -0.264. The van der Waals surface area contributed by atoms with Crippen molar-refractivity contribution in [1.82, 2.24) is 19.7 Å². The number of hydrogen-bond acceptors (Lipinski definition) is 6. The third-order valence-electron chi connectivity index (χ3n) is 4.59. The van der Waals surface area contributed by atoms with Crippen LogP contribution in [0.15, 0.2) is 53.7 Å². The molecule has 1 amide bonds. The molecule has 0 radical (unpaired) electrons. The fourth-order valence-corrected chi connectivity index (χ4v) is 4.28. The first-order valence-electron chi connectivity index (χ1n) is 9.65. The van der Waals surface area contributed by atoms with E-state index in [9.17, 15) is 4.79 Å². The van der Waals surface area contributed by atoms with E-state index in [1.54, 1.807) is 4.90 Å². The van der Waals surface area contributed by atoms with E-state index in [2.05, 4.69) is 10.2 Å². The summed E-state index contributed by atoms with van der Waals surface area (Å²) >= 11 is 7.97. The molecule has 4 rings (SSSR count). The number of amides is 1. The van der Waals surface area contributed by atoms with Gasteiger partial charge in [0.05, 0.1) is 18.2 Å². The molecular weight excluding hydrogens is 424 g/mol. The van der Waals surface area contributed by atoms with Crippen LogP contribution in [0, 0.1) is 0 Å². The Kier molecular flexibility index (Phi) is 6.44. The number of benzene rings is 2. The van der Waals surface area contributed by atoms with E-state index in [-0.39, 0.29) is 6.09 Å². The van der Waals surface area contributed by atoms with Gasteiger partial charge in [-0.05, 0) is 43.3 Å². The Labute approximate surface area is 183 Å². The van der Waals surface area contributed by atoms with Crippen molar-refractivity contribution in [3.63, 3.8) is 0 Å².